The molecule has 0 radical (unpaired) electrons. The Labute approximate surface area is 184 Å². The lowest BCUT2D eigenvalue weighted by Gasteiger charge is -2.20. The van der Waals surface area contributed by atoms with Gasteiger partial charge >= 0.3 is 5.97 Å². The molecular formula is C21H25N3O8. The fourth-order valence-electron chi connectivity index (χ4n) is 3.02. The molecule has 0 bridgehead atoms. The van der Waals surface area contributed by atoms with Crippen LogP contribution in [-0.2, 0) is 9.53 Å². The molecule has 0 aliphatic carbocycles. The van der Waals surface area contributed by atoms with E-state index in [0.29, 0.717) is 30.2 Å². The van der Waals surface area contributed by atoms with E-state index >= 15 is 0 Å². The first-order chi connectivity index (χ1) is 15.3. The van der Waals surface area contributed by atoms with Crippen LogP contribution in [0.25, 0.3) is 0 Å². The molecule has 0 aliphatic rings. The van der Waals surface area contributed by atoms with Crippen molar-refractivity contribution in [1.82, 2.24) is 5.32 Å². The number of carboxylic acids is 1. The number of aliphatic carboxylic acids is 1. The Morgan fingerprint density at radius 2 is 1.88 bits per heavy atom. The number of carboxylic acid groups (broad SMARTS) is 1. The van der Waals surface area contributed by atoms with Gasteiger partial charge in [0.05, 0.1) is 38.2 Å². The van der Waals surface area contributed by atoms with Gasteiger partial charge in [0.25, 0.3) is 11.6 Å². The van der Waals surface area contributed by atoms with Crippen LogP contribution in [0.5, 0.6) is 11.5 Å². The average molecular weight is 447 g/mol. The predicted octanol–water partition coefficient (Wildman–Crippen LogP) is 2.62. The number of nitrogens with one attached hydrogen (secondary N) is 2. The Hall–Kier alpha value is -3.86. The van der Waals surface area contributed by atoms with Crippen LogP contribution in [0.2, 0.25) is 0 Å². The van der Waals surface area contributed by atoms with Crippen molar-refractivity contribution in [3.05, 3.63) is 57.6 Å². The third kappa shape index (κ3) is 6.32. The Morgan fingerprint density at radius 3 is 2.47 bits per heavy atom. The molecule has 0 heterocycles. The second-order valence-corrected chi connectivity index (χ2v) is 6.64. The van der Waals surface area contributed by atoms with Gasteiger partial charge < -0.3 is 30.0 Å². The summed E-state index contributed by atoms with van der Waals surface area (Å²) < 4.78 is 15.4. The quantitative estimate of drug-likeness (QED) is 0.253. The minimum atomic E-state index is -1.14. The third-order valence-electron chi connectivity index (χ3n) is 4.58. The van der Waals surface area contributed by atoms with Crippen LogP contribution in [0.15, 0.2) is 36.4 Å². The zero-order valence-corrected chi connectivity index (χ0v) is 17.9. The number of methoxy groups -OCH3 is 3. The summed E-state index contributed by atoms with van der Waals surface area (Å²) in [5.74, 6) is -0.977. The first-order valence-electron chi connectivity index (χ1n) is 9.56. The highest BCUT2D eigenvalue weighted by Gasteiger charge is 2.24. The summed E-state index contributed by atoms with van der Waals surface area (Å²) in [5, 5.41) is 26.3. The fraction of sp³-hybridized carbons (Fsp3) is 0.333. The first kappa shape index (κ1) is 24.4. The van der Waals surface area contributed by atoms with Gasteiger partial charge in [-0.1, -0.05) is 0 Å². The summed E-state index contributed by atoms with van der Waals surface area (Å²) in [6, 6.07) is 7.80. The van der Waals surface area contributed by atoms with Crippen molar-refractivity contribution >= 4 is 23.3 Å². The highest BCUT2D eigenvalue weighted by Crippen LogP contribution is 2.32. The van der Waals surface area contributed by atoms with Crippen LogP contribution >= 0.6 is 0 Å². The third-order valence-corrected chi connectivity index (χ3v) is 4.58. The highest BCUT2D eigenvalue weighted by atomic mass is 16.6. The second kappa shape index (κ2) is 11.5. The lowest BCUT2D eigenvalue weighted by atomic mass is 10.0. The Bertz CT molecular complexity index is 980. The summed E-state index contributed by atoms with van der Waals surface area (Å²) in [4.78, 5) is 35.1. The minimum absolute atomic E-state index is 0.0110. The predicted molar refractivity (Wildman–Crippen MR) is 115 cm³/mol. The molecule has 32 heavy (non-hydrogen) atoms. The van der Waals surface area contributed by atoms with E-state index < -0.39 is 29.3 Å². The molecule has 11 nitrogen and oxygen atoms in total. The van der Waals surface area contributed by atoms with Crippen molar-refractivity contribution in [2.24, 2.45) is 0 Å². The highest BCUT2D eigenvalue weighted by molar-refractivity contribution is 5.96. The van der Waals surface area contributed by atoms with Gasteiger partial charge in [0, 0.05) is 36.9 Å². The number of benzene rings is 2. The number of hydrogen-bond acceptors (Lipinski definition) is 8. The van der Waals surface area contributed by atoms with Crippen molar-refractivity contribution < 1.29 is 33.8 Å². The van der Waals surface area contributed by atoms with Gasteiger partial charge in [-0.3, -0.25) is 19.7 Å². The molecule has 0 aliphatic heterocycles. The van der Waals surface area contributed by atoms with E-state index in [4.69, 9.17) is 14.2 Å². The maximum Gasteiger partial charge on any atom is 0.305 e. The van der Waals surface area contributed by atoms with Gasteiger partial charge in [-0.2, -0.15) is 0 Å². The molecule has 0 fully saturated rings. The van der Waals surface area contributed by atoms with Gasteiger partial charge in [0.2, 0.25) is 0 Å². The monoisotopic (exact) mass is 447 g/mol. The van der Waals surface area contributed by atoms with E-state index in [0.717, 1.165) is 6.07 Å². The average Bonchev–Trinajstić information content (AvgIpc) is 2.77. The Balaban J connectivity index is 2.33. The van der Waals surface area contributed by atoms with Crippen molar-refractivity contribution in [3.8, 4) is 11.5 Å². The summed E-state index contributed by atoms with van der Waals surface area (Å²) in [6.07, 6.45) is -0.423. The van der Waals surface area contributed by atoms with E-state index in [1.165, 1.54) is 33.5 Å². The molecule has 1 atom stereocenters. The summed E-state index contributed by atoms with van der Waals surface area (Å²) in [6.45, 7) is 0.695. The molecule has 2 rings (SSSR count). The number of nitro benzene ring substituents is 1. The number of rotatable bonds is 12. The van der Waals surface area contributed by atoms with Gasteiger partial charge in [-0.05, 0) is 24.3 Å². The Kier molecular flexibility index (Phi) is 8.78. The molecule has 1 amide bonds. The maximum absolute atomic E-state index is 12.8. The van der Waals surface area contributed by atoms with E-state index in [1.54, 1.807) is 18.2 Å². The maximum atomic E-state index is 12.8. The molecule has 11 heteroatoms. The van der Waals surface area contributed by atoms with Crippen molar-refractivity contribution in [1.29, 1.82) is 0 Å². The van der Waals surface area contributed by atoms with E-state index in [2.05, 4.69) is 10.6 Å². The lowest BCUT2D eigenvalue weighted by Crippen LogP contribution is -2.30. The summed E-state index contributed by atoms with van der Waals surface area (Å²) >= 11 is 0. The van der Waals surface area contributed by atoms with Crippen molar-refractivity contribution in [2.75, 3.05) is 39.8 Å². The van der Waals surface area contributed by atoms with E-state index in [1.807, 2.05) is 0 Å². The van der Waals surface area contributed by atoms with Crippen LogP contribution in [0.1, 0.15) is 28.4 Å². The standard InChI is InChI=1S/C21H25N3O8/c1-30-9-8-22-16-7-4-13(10-18(16)24(28)29)21(27)23-17(12-20(25)26)15-6-5-14(31-2)11-19(15)32-3/h4-7,10-11,17,22H,8-9,12H2,1-3H3,(H,23,27)(H,25,26). The number of nitro groups is 1. The largest absolute Gasteiger partial charge is 0.497 e. The number of ether oxygens (including phenoxy) is 3. The second-order valence-electron chi connectivity index (χ2n) is 6.64. The Morgan fingerprint density at radius 1 is 1.12 bits per heavy atom. The topological polar surface area (TPSA) is 149 Å². The first-order valence-corrected chi connectivity index (χ1v) is 9.56. The number of carbonyl (C=O) groups is 2. The van der Waals surface area contributed by atoms with Crippen LogP contribution in [-0.4, -0.2) is 56.4 Å². The minimum Gasteiger partial charge on any atom is -0.497 e. The fourth-order valence-corrected chi connectivity index (χ4v) is 3.02. The molecule has 0 saturated heterocycles. The molecule has 0 spiro atoms. The number of anilines is 1. The SMILES string of the molecule is COCCNc1ccc(C(=O)NC(CC(=O)O)c2ccc(OC)cc2OC)cc1[N+](=O)[O-]. The zero-order chi connectivity index (χ0) is 23.7. The molecular weight excluding hydrogens is 422 g/mol. The molecule has 0 aromatic heterocycles. The van der Waals surface area contributed by atoms with Gasteiger partial charge in [-0.25, -0.2) is 0 Å². The number of amides is 1. The molecule has 2 aromatic rings. The van der Waals surface area contributed by atoms with Gasteiger partial charge in [0.15, 0.2) is 0 Å². The zero-order valence-electron chi connectivity index (χ0n) is 17.9. The van der Waals surface area contributed by atoms with E-state index in [-0.39, 0.29) is 16.9 Å². The number of nitrogens with zero attached hydrogens (tertiary/aromatic N) is 1. The van der Waals surface area contributed by atoms with Crippen LogP contribution < -0.4 is 20.1 Å². The molecule has 172 valence electrons. The van der Waals surface area contributed by atoms with Crippen LogP contribution in [0, 0.1) is 10.1 Å². The van der Waals surface area contributed by atoms with Crippen LogP contribution in [0.3, 0.4) is 0 Å². The normalized spacial score (nSPS) is 11.3. The van der Waals surface area contributed by atoms with Gasteiger partial charge in [0.1, 0.15) is 17.2 Å². The smallest absolute Gasteiger partial charge is 0.305 e. The number of carbonyl (C=O) groups excluding carboxylic acids is 1. The molecule has 2 aromatic carbocycles. The number of hydrogen-bond donors (Lipinski definition) is 3. The molecule has 0 saturated carbocycles. The molecule has 1 unspecified atom stereocenters. The molecule has 3 N–H and O–H groups in total. The summed E-state index contributed by atoms with van der Waals surface area (Å²) in [7, 11) is 4.40. The lowest BCUT2D eigenvalue weighted by molar-refractivity contribution is -0.384. The van der Waals surface area contributed by atoms with Gasteiger partial charge in [-0.15, -0.1) is 0 Å². The van der Waals surface area contributed by atoms with Crippen molar-refractivity contribution in [3.63, 3.8) is 0 Å². The van der Waals surface area contributed by atoms with Crippen molar-refractivity contribution in [2.45, 2.75) is 12.5 Å². The van der Waals surface area contributed by atoms with Crippen LogP contribution in [0.4, 0.5) is 11.4 Å². The van der Waals surface area contributed by atoms with E-state index in [9.17, 15) is 24.8 Å². The summed E-state index contributed by atoms with van der Waals surface area (Å²) in [5.41, 5.74) is 0.390.